The Balaban J connectivity index is 1.92. The third kappa shape index (κ3) is 6.73. The van der Waals surface area contributed by atoms with Gasteiger partial charge < -0.3 is 10.1 Å². The van der Waals surface area contributed by atoms with E-state index in [9.17, 15) is 9.59 Å². The second-order valence-corrected chi connectivity index (χ2v) is 8.03. The fraction of sp³-hybridized carbons (Fsp3) is 0.381. The number of ether oxygens (including phenoxy) is 1. The Hall–Kier alpha value is -2.89. The number of carbonyl (C=O) groups is 2. The summed E-state index contributed by atoms with van der Waals surface area (Å²) in [6, 6.07) is 13.2. The van der Waals surface area contributed by atoms with Crippen molar-refractivity contribution < 1.29 is 14.3 Å². The molecule has 0 fully saturated rings. The Bertz CT molecular complexity index is 779. The molecule has 1 heterocycles. The zero-order valence-electron chi connectivity index (χ0n) is 16.5. The molecule has 0 bridgehead atoms. The summed E-state index contributed by atoms with van der Waals surface area (Å²) in [5.41, 5.74) is 0.814. The van der Waals surface area contributed by atoms with E-state index in [1.54, 1.807) is 32.9 Å². The number of rotatable bonds is 5. The zero-order valence-corrected chi connectivity index (χ0v) is 16.5. The van der Waals surface area contributed by atoms with Crippen LogP contribution in [0.25, 0.3) is 0 Å². The molecule has 144 valence electrons. The van der Waals surface area contributed by atoms with Gasteiger partial charge in [-0.05, 0) is 43.9 Å². The third-order valence-corrected chi connectivity index (χ3v) is 3.83. The summed E-state index contributed by atoms with van der Waals surface area (Å²) in [5, 5.41) is 5.39. The smallest absolute Gasteiger partial charge is 0.413 e. The number of nitrogens with one attached hydrogen (secondary N) is 2. The Morgan fingerprint density at radius 3 is 2.19 bits per heavy atom. The molecule has 1 aromatic heterocycles. The fourth-order valence-corrected chi connectivity index (χ4v) is 2.55. The average molecular weight is 369 g/mol. The molecule has 0 unspecified atom stereocenters. The molecule has 0 aliphatic heterocycles. The number of aromatic nitrogens is 1. The van der Waals surface area contributed by atoms with Gasteiger partial charge in [-0.1, -0.05) is 44.2 Å². The minimum absolute atomic E-state index is 0.0986. The van der Waals surface area contributed by atoms with E-state index < -0.39 is 11.7 Å². The molecule has 0 saturated carbocycles. The summed E-state index contributed by atoms with van der Waals surface area (Å²) in [5.74, 6) is 0.255. The maximum atomic E-state index is 12.4. The monoisotopic (exact) mass is 369 g/mol. The van der Waals surface area contributed by atoms with Gasteiger partial charge in [0, 0.05) is 6.42 Å². The van der Waals surface area contributed by atoms with E-state index in [2.05, 4.69) is 15.6 Å². The van der Waals surface area contributed by atoms with Crippen molar-refractivity contribution in [3.63, 3.8) is 0 Å². The molecule has 0 radical (unpaired) electrons. The quantitative estimate of drug-likeness (QED) is 0.798. The first-order valence-electron chi connectivity index (χ1n) is 8.87. The minimum atomic E-state index is -0.580. The Morgan fingerprint density at radius 1 is 0.963 bits per heavy atom. The van der Waals surface area contributed by atoms with E-state index >= 15 is 0 Å². The van der Waals surface area contributed by atoms with Crippen molar-refractivity contribution in [1.29, 1.82) is 0 Å². The van der Waals surface area contributed by atoms with Gasteiger partial charge in [0.15, 0.2) is 0 Å². The first kappa shape index (κ1) is 20.4. The van der Waals surface area contributed by atoms with Crippen LogP contribution in [-0.4, -0.2) is 22.6 Å². The van der Waals surface area contributed by atoms with Crippen molar-refractivity contribution in [3.8, 4) is 0 Å². The highest BCUT2D eigenvalue weighted by atomic mass is 16.6. The number of carbonyl (C=O) groups excluding carboxylic acids is 2. The van der Waals surface area contributed by atoms with Crippen LogP contribution in [0, 0.1) is 0 Å². The van der Waals surface area contributed by atoms with E-state index in [-0.39, 0.29) is 11.3 Å². The Kier molecular flexibility index (Phi) is 6.20. The summed E-state index contributed by atoms with van der Waals surface area (Å²) in [6.07, 6.45) is 1.27. The minimum Gasteiger partial charge on any atom is -0.444 e. The number of anilines is 2. The molecule has 6 heteroatoms. The highest BCUT2D eigenvalue weighted by molar-refractivity contribution is 5.91. The normalized spacial score (nSPS) is 11.6. The van der Waals surface area contributed by atoms with Crippen LogP contribution >= 0.6 is 0 Å². The van der Waals surface area contributed by atoms with Gasteiger partial charge in [0.1, 0.15) is 11.4 Å². The standard InChI is InChI=1S/C21H27N3O3/c1-20(2,3)27-19(26)24-17-12-11-16(14-22-17)23-18(25)13-21(4,5)15-9-7-6-8-10-15/h6-12,14H,13H2,1-5H3,(H,23,25)(H,22,24,26). The van der Waals surface area contributed by atoms with Crippen LogP contribution < -0.4 is 10.6 Å². The van der Waals surface area contributed by atoms with Gasteiger partial charge in [0.05, 0.1) is 11.9 Å². The first-order valence-corrected chi connectivity index (χ1v) is 8.87. The molecule has 2 N–H and O–H groups in total. The molecule has 0 aliphatic rings. The molecular weight excluding hydrogens is 342 g/mol. The van der Waals surface area contributed by atoms with Gasteiger partial charge in [0.2, 0.25) is 5.91 Å². The predicted molar refractivity (Wildman–Crippen MR) is 107 cm³/mol. The topological polar surface area (TPSA) is 80.3 Å². The van der Waals surface area contributed by atoms with E-state index in [4.69, 9.17) is 4.74 Å². The van der Waals surface area contributed by atoms with E-state index in [1.165, 1.54) is 6.20 Å². The molecule has 0 atom stereocenters. The second kappa shape index (κ2) is 8.20. The lowest BCUT2D eigenvalue weighted by molar-refractivity contribution is -0.117. The number of benzene rings is 1. The SMILES string of the molecule is CC(C)(C)OC(=O)Nc1ccc(NC(=O)CC(C)(C)c2ccccc2)cn1. The number of amides is 2. The van der Waals surface area contributed by atoms with Crippen molar-refractivity contribution in [2.75, 3.05) is 10.6 Å². The van der Waals surface area contributed by atoms with E-state index in [0.717, 1.165) is 5.56 Å². The summed E-state index contributed by atoms with van der Waals surface area (Å²) in [6.45, 7) is 9.43. The first-order chi connectivity index (χ1) is 12.5. The van der Waals surface area contributed by atoms with Crippen molar-refractivity contribution in [2.24, 2.45) is 0 Å². The lowest BCUT2D eigenvalue weighted by Crippen LogP contribution is -2.27. The van der Waals surface area contributed by atoms with Crippen LogP contribution in [0.3, 0.4) is 0 Å². The summed E-state index contributed by atoms with van der Waals surface area (Å²) in [4.78, 5) is 28.3. The lowest BCUT2D eigenvalue weighted by atomic mass is 9.81. The van der Waals surface area contributed by atoms with E-state index in [1.807, 2.05) is 44.2 Å². The molecule has 2 rings (SSSR count). The largest absolute Gasteiger partial charge is 0.444 e. The third-order valence-electron chi connectivity index (χ3n) is 3.83. The Labute approximate surface area is 160 Å². The molecule has 2 amide bonds. The molecule has 6 nitrogen and oxygen atoms in total. The Morgan fingerprint density at radius 2 is 1.63 bits per heavy atom. The molecule has 0 aliphatic carbocycles. The van der Waals surface area contributed by atoms with Crippen LogP contribution in [0.4, 0.5) is 16.3 Å². The van der Waals surface area contributed by atoms with Crippen LogP contribution in [0.2, 0.25) is 0 Å². The van der Waals surface area contributed by atoms with Crippen LogP contribution in [0.15, 0.2) is 48.7 Å². The highest BCUT2D eigenvalue weighted by Crippen LogP contribution is 2.27. The maximum Gasteiger partial charge on any atom is 0.413 e. The van der Waals surface area contributed by atoms with Crippen molar-refractivity contribution in [2.45, 2.75) is 52.1 Å². The van der Waals surface area contributed by atoms with Gasteiger partial charge in [-0.2, -0.15) is 0 Å². The maximum absolute atomic E-state index is 12.4. The van der Waals surface area contributed by atoms with Crippen molar-refractivity contribution >= 4 is 23.5 Å². The molecule has 1 aromatic carbocycles. The average Bonchev–Trinajstić information content (AvgIpc) is 2.55. The van der Waals surface area contributed by atoms with Crippen molar-refractivity contribution in [1.82, 2.24) is 4.98 Å². The van der Waals surface area contributed by atoms with Gasteiger partial charge in [-0.15, -0.1) is 0 Å². The number of pyridine rings is 1. The number of nitrogens with zero attached hydrogens (tertiary/aromatic N) is 1. The summed E-state index contributed by atoms with van der Waals surface area (Å²) in [7, 11) is 0. The summed E-state index contributed by atoms with van der Waals surface area (Å²) < 4.78 is 5.17. The molecule has 2 aromatic rings. The van der Waals surface area contributed by atoms with Gasteiger partial charge in [-0.25, -0.2) is 9.78 Å². The number of hydrogen-bond acceptors (Lipinski definition) is 4. The molecule has 0 spiro atoms. The highest BCUT2D eigenvalue weighted by Gasteiger charge is 2.24. The summed E-state index contributed by atoms with van der Waals surface area (Å²) >= 11 is 0. The molecular formula is C21H27N3O3. The fourth-order valence-electron chi connectivity index (χ4n) is 2.55. The molecule has 0 saturated heterocycles. The lowest BCUT2D eigenvalue weighted by Gasteiger charge is -2.24. The zero-order chi connectivity index (χ0) is 20.1. The van der Waals surface area contributed by atoms with E-state index in [0.29, 0.717) is 17.9 Å². The van der Waals surface area contributed by atoms with Crippen LogP contribution in [0.1, 0.15) is 46.6 Å². The van der Waals surface area contributed by atoms with Crippen LogP contribution in [-0.2, 0) is 14.9 Å². The van der Waals surface area contributed by atoms with Gasteiger partial charge in [0.25, 0.3) is 0 Å². The number of hydrogen-bond donors (Lipinski definition) is 2. The van der Waals surface area contributed by atoms with Gasteiger partial charge in [-0.3, -0.25) is 10.1 Å². The second-order valence-electron chi connectivity index (χ2n) is 8.03. The molecule has 27 heavy (non-hydrogen) atoms. The predicted octanol–water partition coefficient (Wildman–Crippen LogP) is 4.74. The van der Waals surface area contributed by atoms with Crippen LogP contribution in [0.5, 0.6) is 0 Å². The van der Waals surface area contributed by atoms with Gasteiger partial charge >= 0.3 is 6.09 Å². The van der Waals surface area contributed by atoms with Crippen molar-refractivity contribution in [3.05, 3.63) is 54.2 Å².